The molecule has 1 saturated heterocycles. The molecule has 2 unspecified atom stereocenters. The number of nitrogens with zero attached hydrogens (tertiary/aromatic N) is 1. The molecule has 1 aliphatic rings. The van der Waals surface area contributed by atoms with Gasteiger partial charge in [0.2, 0.25) is 0 Å². The van der Waals surface area contributed by atoms with E-state index in [0.29, 0.717) is 18.0 Å². The first-order chi connectivity index (χ1) is 6.65. The summed E-state index contributed by atoms with van der Waals surface area (Å²) in [5.74, 6) is 0.715. The van der Waals surface area contributed by atoms with Crippen molar-refractivity contribution in [1.29, 1.82) is 0 Å². The normalized spacial score (nSPS) is 27.3. The molecule has 14 heavy (non-hydrogen) atoms. The van der Waals surface area contributed by atoms with Gasteiger partial charge in [-0.25, -0.2) is 0 Å². The van der Waals surface area contributed by atoms with Crippen molar-refractivity contribution in [1.82, 2.24) is 10.2 Å². The van der Waals surface area contributed by atoms with E-state index in [1.165, 1.54) is 13.0 Å². The zero-order valence-electron chi connectivity index (χ0n) is 9.79. The number of hydrogen-bond donors (Lipinski definition) is 1. The second kappa shape index (κ2) is 5.52. The first-order valence-corrected chi connectivity index (χ1v) is 5.75. The molecule has 1 aliphatic heterocycles. The average molecular weight is 196 g/mol. The van der Waals surface area contributed by atoms with Crippen LogP contribution in [-0.2, 0) is 0 Å². The standard InChI is InChI=1S/C12H24N2/c1-5-11(4)14-8-6-7-13-12(9-14)10(2)3/h5,10-13H,1,6-9H2,2-4H3. The van der Waals surface area contributed by atoms with Crippen molar-refractivity contribution < 1.29 is 0 Å². The summed E-state index contributed by atoms with van der Waals surface area (Å²) in [7, 11) is 0. The molecule has 1 N–H and O–H groups in total. The van der Waals surface area contributed by atoms with E-state index in [1.54, 1.807) is 0 Å². The number of rotatable bonds is 3. The Morgan fingerprint density at radius 3 is 2.71 bits per heavy atom. The van der Waals surface area contributed by atoms with Gasteiger partial charge in [-0.2, -0.15) is 0 Å². The lowest BCUT2D eigenvalue weighted by atomic mass is 10.0. The minimum atomic E-state index is 0.510. The third kappa shape index (κ3) is 3.10. The second-order valence-electron chi connectivity index (χ2n) is 4.63. The molecule has 0 spiro atoms. The summed E-state index contributed by atoms with van der Waals surface area (Å²) in [6.45, 7) is 14.2. The SMILES string of the molecule is C=CC(C)N1CCCNC(C(C)C)C1. The Labute approximate surface area is 88.4 Å². The summed E-state index contributed by atoms with van der Waals surface area (Å²) in [4.78, 5) is 2.53. The molecule has 2 heteroatoms. The van der Waals surface area contributed by atoms with Gasteiger partial charge < -0.3 is 5.32 Å². The molecule has 1 rings (SSSR count). The quantitative estimate of drug-likeness (QED) is 0.693. The van der Waals surface area contributed by atoms with E-state index in [0.717, 1.165) is 13.1 Å². The Morgan fingerprint density at radius 2 is 2.14 bits per heavy atom. The average Bonchev–Trinajstić information content (AvgIpc) is 2.41. The molecule has 0 aliphatic carbocycles. The zero-order valence-corrected chi connectivity index (χ0v) is 9.79. The van der Waals surface area contributed by atoms with Crippen LogP contribution < -0.4 is 5.32 Å². The Bertz CT molecular complexity index is 177. The molecule has 2 atom stereocenters. The molecule has 1 heterocycles. The third-order valence-corrected chi connectivity index (χ3v) is 3.18. The van der Waals surface area contributed by atoms with Crippen molar-refractivity contribution in [3.63, 3.8) is 0 Å². The van der Waals surface area contributed by atoms with Gasteiger partial charge in [-0.05, 0) is 32.4 Å². The van der Waals surface area contributed by atoms with Gasteiger partial charge in [0.1, 0.15) is 0 Å². The second-order valence-corrected chi connectivity index (χ2v) is 4.63. The van der Waals surface area contributed by atoms with Gasteiger partial charge in [0.05, 0.1) is 0 Å². The summed E-state index contributed by atoms with van der Waals surface area (Å²) in [5.41, 5.74) is 0. The molecule has 0 aromatic heterocycles. The molecular formula is C12H24N2. The van der Waals surface area contributed by atoms with Gasteiger partial charge in [0.25, 0.3) is 0 Å². The topological polar surface area (TPSA) is 15.3 Å². The maximum Gasteiger partial charge on any atom is 0.0247 e. The van der Waals surface area contributed by atoms with Gasteiger partial charge in [0, 0.05) is 18.6 Å². The lowest BCUT2D eigenvalue weighted by molar-refractivity contribution is 0.219. The summed E-state index contributed by atoms with van der Waals surface area (Å²) >= 11 is 0. The zero-order chi connectivity index (χ0) is 10.6. The summed E-state index contributed by atoms with van der Waals surface area (Å²) in [5, 5.41) is 3.61. The van der Waals surface area contributed by atoms with Crippen LogP contribution in [-0.4, -0.2) is 36.6 Å². The number of nitrogens with one attached hydrogen (secondary N) is 1. The minimum absolute atomic E-state index is 0.510. The fourth-order valence-electron chi connectivity index (χ4n) is 1.94. The van der Waals surface area contributed by atoms with Crippen LogP contribution in [0.5, 0.6) is 0 Å². The largest absolute Gasteiger partial charge is 0.312 e. The van der Waals surface area contributed by atoms with Gasteiger partial charge in [0.15, 0.2) is 0 Å². The third-order valence-electron chi connectivity index (χ3n) is 3.18. The molecular weight excluding hydrogens is 172 g/mol. The van der Waals surface area contributed by atoms with Crippen molar-refractivity contribution in [2.75, 3.05) is 19.6 Å². The predicted molar refractivity (Wildman–Crippen MR) is 62.5 cm³/mol. The highest BCUT2D eigenvalue weighted by Gasteiger charge is 2.21. The summed E-state index contributed by atoms with van der Waals surface area (Å²) in [6.07, 6.45) is 3.30. The van der Waals surface area contributed by atoms with Crippen LogP contribution >= 0.6 is 0 Å². The van der Waals surface area contributed by atoms with E-state index in [9.17, 15) is 0 Å². The first kappa shape index (κ1) is 11.7. The van der Waals surface area contributed by atoms with E-state index in [2.05, 4.69) is 37.6 Å². The molecule has 0 radical (unpaired) electrons. The van der Waals surface area contributed by atoms with Crippen LogP contribution in [0.1, 0.15) is 27.2 Å². The monoisotopic (exact) mass is 196 g/mol. The van der Waals surface area contributed by atoms with Gasteiger partial charge in [-0.1, -0.05) is 19.9 Å². The highest BCUT2D eigenvalue weighted by molar-refractivity contribution is 4.88. The van der Waals surface area contributed by atoms with Crippen molar-refractivity contribution in [3.8, 4) is 0 Å². The van der Waals surface area contributed by atoms with Gasteiger partial charge in [-0.3, -0.25) is 4.90 Å². The van der Waals surface area contributed by atoms with Gasteiger partial charge in [-0.15, -0.1) is 6.58 Å². The fraction of sp³-hybridized carbons (Fsp3) is 0.833. The Morgan fingerprint density at radius 1 is 1.43 bits per heavy atom. The fourth-order valence-corrected chi connectivity index (χ4v) is 1.94. The van der Waals surface area contributed by atoms with E-state index in [1.807, 2.05) is 6.08 Å². The molecule has 0 amide bonds. The van der Waals surface area contributed by atoms with E-state index in [-0.39, 0.29) is 0 Å². The van der Waals surface area contributed by atoms with Crippen molar-refractivity contribution in [3.05, 3.63) is 12.7 Å². The lowest BCUT2D eigenvalue weighted by Crippen LogP contribution is -2.43. The predicted octanol–water partition coefficient (Wildman–Crippen LogP) is 1.88. The number of hydrogen-bond acceptors (Lipinski definition) is 2. The molecule has 0 aromatic carbocycles. The van der Waals surface area contributed by atoms with Gasteiger partial charge >= 0.3 is 0 Å². The van der Waals surface area contributed by atoms with Crippen LogP contribution in [0.4, 0.5) is 0 Å². The van der Waals surface area contributed by atoms with Crippen LogP contribution in [0, 0.1) is 5.92 Å². The van der Waals surface area contributed by atoms with Crippen molar-refractivity contribution >= 4 is 0 Å². The molecule has 82 valence electrons. The summed E-state index contributed by atoms with van der Waals surface area (Å²) < 4.78 is 0. The Balaban J connectivity index is 2.55. The molecule has 0 bridgehead atoms. The van der Waals surface area contributed by atoms with Crippen LogP contribution in [0.3, 0.4) is 0 Å². The maximum atomic E-state index is 3.87. The smallest absolute Gasteiger partial charge is 0.0247 e. The Kier molecular flexibility index (Phi) is 4.63. The Hall–Kier alpha value is -0.340. The first-order valence-electron chi connectivity index (χ1n) is 5.75. The molecule has 0 saturated carbocycles. The summed E-state index contributed by atoms with van der Waals surface area (Å²) in [6, 6.07) is 1.15. The highest BCUT2D eigenvalue weighted by Crippen LogP contribution is 2.11. The van der Waals surface area contributed by atoms with E-state index >= 15 is 0 Å². The lowest BCUT2D eigenvalue weighted by Gasteiger charge is -2.29. The van der Waals surface area contributed by atoms with Crippen LogP contribution in [0.15, 0.2) is 12.7 Å². The van der Waals surface area contributed by atoms with E-state index in [4.69, 9.17) is 0 Å². The molecule has 2 nitrogen and oxygen atoms in total. The van der Waals surface area contributed by atoms with Crippen molar-refractivity contribution in [2.24, 2.45) is 5.92 Å². The molecule has 0 aromatic rings. The molecule has 1 fully saturated rings. The minimum Gasteiger partial charge on any atom is -0.312 e. The highest BCUT2D eigenvalue weighted by atomic mass is 15.2. The van der Waals surface area contributed by atoms with Crippen LogP contribution in [0.2, 0.25) is 0 Å². The van der Waals surface area contributed by atoms with Crippen molar-refractivity contribution in [2.45, 2.75) is 39.3 Å². The maximum absolute atomic E-state index is 3.87. The van der Waals surface area contributed by atoms with Crippen LogP contribution in [0.25, 0.3) is 0 Å². The van der Waals surface area contributed by atoms with E-state index < -0.39 is 0 Å².